The average Bonchev–Trinajstić information content (AvgIpc) is 2.91. The van der Waals surface area contributed by atoms with Gasteiger partial charge in [-0.05, 0) is 31.2 Å². The lowest BCUT2D eigenvalue weighted by atomic mass is 10.2. The molecule has 4 nitrogen and oxygen atoms in total. The van der Waals surface area contributed by atoms with Crippen LogP contribution in [0.5, 0.6) is 0 Å². The second kappa shape index (κ2) is 7.31. The molecule has 2 aromatic heterocycles. The monoisotopic (exact) mass is 304 g/mol. The Bertz CT molecular complexity index is 582. The smallest absolute Gasteiger partial charge is 0.254 e. The van der Waals surface area contributed by atoms with Crippen LogP contribution in [0.2, 0.25) is 0 Å². The third-order valence-electron chi connectivity index (χ3n) is 2.83. The number of carbonyl (C=O) groups is 1. The van der Waals surface area contributed by atoms with E-state index in [-0.39, 0.29) is 11.9 Å². The molecule has 2 aromatic rings. The molecule has 0 saturated carbocycles. The molecule has 0 aliphatic heterocycles. The van der Waals surface area contributed by atoms with Crippen molar-refractivity contribution < 1.29 is 9.21 Å². The fourth-order valence-corrected chi connectivity index (χ4v) is 2.82. The number of aromatic nitrogens is 1. The summed E-state index contributed by atoms with van der Waals surface area (Å²) in [6, 6.07) is 7.36. The molecule has 0 spiro atoms. The highest BCUT2D eigenvalue weighted by atomic mass is 32.2. The fourth-order valence-electron chi connectivity index (χ4n) is 1.96. The fraction of sp³-hybridized carbons (Fsp3) is 0.375. The normalized spacial score (nSPS) is 12.4. The highest BCUT2D eigenvalue weighted by Gasteiger charge is 2.16. The number of pyridine rings is 1. The highest BCUT2D eigenvalue weighted by Crippen LogP contribution is 2.24. The molecular weight excluding hydrogens is 284 g/mol. The van der Waals surface area contributed by atoms with Crippen molar-refractivity contribution in [2.24, 2.45) is 0 Å². The third-order valence-corrected chi connectivity index (χ3v) is 3.85. The van der Waals surface area contributed by atoms with E-state index in [2.05, 4.69) is 24.1 Å². The minimum Gasteiger partial charge on any atom is -0.469 e. The Morgan fingerprint density at radius 1 is 1.33 bits per heavy atom. The lowest BCUT2D eigenvalue weighted by Gasteiger charge is -2.14. The largest absolute Gasteiger partial charge is 0.469 e. The number of rotatable bonds is 6. The van der Waals surface area contributed by atoms with Gasteiger partial charge in [-0.1, -0.05) is 13.8 Å². The Labute approximate surface area is 129 Å². The number of hydrogen-bond donors (Lipinski definition) is 1. The summed E-state index contributed by atoms with van der Waals surface area (Å²) in [4.78, 5) is 16.7. The van der Waals surface area contributed by atoms with Crippen LogP contribution in [0, 0.1) is 0 Å². The van der Waals surface area contributed by atoms with Crippen LogP contribution in [-0.2, 0) is 6.42 Å². The highest BCUT2D eigenvalue weighted by molar-refractivity contribution is 7.99. The van der Waals surface area contributed by atoms with E-state index in [1.165, 1.54) is 0 Å². The van der Waals surface area contributed by atoms with Crippen molar-refractivity contribution in [3.63, 3.8) is 0 Å². The lowest BCUT2D eigenvalue weighted by molar-refractivity contribution is 0.0935. The van der Waals surface area contributed by atoms with Crippen molar-refractivity contribution in [1.82, 2.24) is 10.3 Å². The SMILES string of the molecule is CC(C)Sc1ncccc1C(=O)N[C@H](C)Cc1ccco1. The number of hydrogen-bond acceptors (Lipinski definition) is 4. The average molecular weight is 304 g/mol. The molecule has 0 bridgehead atoms. The molecule has 1 atom stereocenters. The standard InChI is InChI=1S/C16H20N2O2S/c1-11(2)21-16-14(7-4-8-17-16)15(19)18-12(3)10-13-6-5-9-20-13/h4-9,11-12H,10H2,1-3H3,(H,18,19)/t12-/m1/s1. The van der Waals surface area contributed by atoms with E-state index in [1.807, 2.05) is 25.1 Å². The van der Waals surface area contributed by atoms with Crippen LogP contribution in [0.1, 0.15) is 36.9 Å². The van der Waals surface area contributed by atoms with Crippen LogP contribution >= 0.6 is 11.8 Å². The first-order valence-corrected chi connectivity index (χ1v) is 7.89. The summed E-state index contributed by atoms with van der Waals surface area (Å²) >= 11 is 1.60. The molecule has 0 unspecified atom stereocenters. The first-order chi connectivity index (χ1) is 10.1. The van der Waals surface area contributed by atoms with Crippen molar-refractivity contribution in [3.05, 3.63) is 48.0 Å². The maximum absolute atomic E-state index is 12.4. The van der Waals surface area contributed by atoms with E-state index >= 15 is 0 Å². The van der Waals surface area contributed by atoms with Crippen LogP contribution in [0.25, 0.3) is 0 Å². The number of furan rings is 1. The number of nitrogens with zero attached hydrogens (tertiary/aromatic N) is 1. The van der Waals surface area contributed by atoms with Crippen LogP contribution in [0.4, 0.5) is 0 Å². The molecule has 0 fully saturated rings. The maximum atomic E-state index is 12.4. The topological polar surface area (TPSA) is 55.1 Å². The zero-order valence-electron chi connectivity index (χ0n) is 12.5. The van der Waals surface area contributed by atoms with Crippen LogP contribution < -0.4 is 5.32 Å². The van der Waals surface area contributed by atoms with Gasteiger partial charge in [-0.15, -0.1) is 11.8 Å². The summed E-state index contributed by atoms with van der Waals surface area (Å²) in [5, 5.41) is 4.15. The van der Waals surface area contributed by atoms with Gasteiger partial charge < -0.3 is 9.73 Å². The molecule has 0 aliphatic carbocycles. The van der Waals surface area contributed by atoms with Crippen LogP contribution in [-0.4, -0.2) is 22.2 Å². The number of amides is 1. The van der Waals surface area contributed by atoms with Gasteiger partial charge in [-0.2, -0.15) is 0 Å². The quantitative estimate of drug-likeness (QED) is 0.829. The van der Waals surface area contributed by atoms with Gasteiger partial charge in [0.2, 0.25) is 0 Å². The molecule has 1 amide bonds. The predicted octanol–water partition coefficient (Wildman–Crippen LogP) is 3.54. The van der Waals surface area contributed by atoms with Gasteiger partial charge in [0.15, 0.2) is 0 Å². The number of thioether (sulfide) groups is 1. The van der Waals surface area contributed by atoms with E-state index in [9.17, 15) is 4.79 Å². The molecule has 0 aliphatic rings. The minimum absolute atomic E-state index is 0.000700. The predicted molar refractivity (Wildman–Crippen MR) is 84.6 cm³/mol. The van der Waals surface area contributed by atoms with E-state index in [0.29, 0.717) is 17.2 Å². The van der Waals surface area contributed by atoms with Crippen LogP contribution in [0.15, 0.2) is 46.2 Å². The Balaban J connectivity index is 2.02. The van der Waals surface area contributed by atoms with Gasteiger partial charge in [-0.25, -0.2) is 4.98 Å². The summed E-state index contributed by atoms with van der Waals surface area (Å²) < 4.78 is 5.30. The van der Waals surface area contributed by atoms with Gasteiger partial charge in [0.1, 0.15) is 10.8 Å². The number of carbonyl (C=O) groups excluding carboxylic acids is 1. The Kier molecular flexibility index (Phi) is 5.44. The van der Waals surface area contributed by atoms with Gasteiger partial charge in [0, 0.05) is 23.9 Å². The lowest BCUT2D eigenvalue weighted by Crippen LogP contribution is -2.34. The summed E-state index contributed by atoms with van der Waals surface area (Å²) in [5.41, 5.74) is 0.627. The Morgan fingerprint density at radius 2 is 2.14 bits per heavy atom. The van der Waals surface area contributed by atoms with E-state index in [1.54, 1.807) is 30.3 Å². The molecule has 0 aromatic carbocycles. The van der Waals surface area contributed by atoms with E-state index in [4.69, 9.17) is 4.42 Å². The van der Waals surface area contributed by atoms with Crippen LogP contribution in [0.3, 0.4) is 0 Å². The molecular formula is C16H20N2O2S. The van der Waals surface area contributed by atoms with E-state index in [0.717, 1.165) is 10.8 Å². The second-order valence-corrected chi connectivity index (χ2v) is 6.75. The molecule has 0 radical (unpaired) electrons. The minimum atomic E-state index is -0.0923. The molecule has 0 saturated heterocycles. The summed E-state index contributed by atoms with van der Waals surface area (Å²) in [5.74, 6) is 0.774. The van der Waals surface area contributed by atoms with Crippen molar-refractivity contribution in [1.29, 1.82) is 0 Å². The van der Waals surface area contributed by atoms with Crippen molar-refractivity contribution in [2.45, 2.75) is 43.5 Å². The number of nitrogens with one attached hydrogen (secondary N) is 1. The molecule has 1 N–H and O–H groups in total. The first kappa shape index (κ1) is 15.6. The van der Waals surface area contributed by atoms with Gasteiger partial charge >= 0.3 is 0 Å². The Hall–Kier alpha value is -1.75. The molecule has 2 rings (SSSR count). The zero-order valence-corrected chi connectivity index (χ0v) is 13.3. The second-order valence-electron chi connectivity index (χ2n) is 5.18. The molecule has 2 heterocycles. The summed E-state index contributed by atoms with van der Waals surface area (Å²) in [6.07, 6.45) is 4.03. The van der Waals surface area contributed by atoms with Gasteiger partial charge in [-0.3, -0.25) is 4.79 Å². The molecule has 5 heteroatoms. The van der Waals surface area contributed by atoms with Gasteiger partial charge in [0.25, 0.3) is 5.91 Å². The van der Waals surface area contributed by atoms with Crippen molar-refractivity contribution in [3.8, 4) is 0 Å². The third kappa shape index (κ3) is 4.63. The summed E-state index contributed by atoms with van der Waals surface area (Å²) in [7, 11) is 0. The van der Waals surface area contributed by atoms with Crippen molar-refractivity contribution in [2.75, 3.05) is 0 Å². The molecule has 112 valence electrons. The van der Waals surface area contributed by atoms with E-state index < -0.39 is 0 Å². The van der Waals surface area contributed by atoms with Gasteiger partial charge in [0.05, 0.1) is 11.8 Å². The first-order valence-electron chi connectivity index (χ1n) is 7.01. The summed E-state index contributed by atoms with van der Waals surface area (Å²) in [6.45, 7) is 6.13. The van der Waals surface area contributed by atoms with Crippen molar-refractivity contribution >= 4 is 17.7 Å². The molecule has 21 heavy (non-hydrogen) atoms. The Morgan fingerprint density at radius 3 is 2.81 bits per heavy atom. The maximum Gasteiger partial charge on any atom is 0.254 e. The zero-order chi connectivity index (χ0) is 15.2.